The second-order valence-electron chi connectivity index (χ2n) is 4.65. The Morgan fingerprint density at radius 3 is 2.27 bits per heavy atom. The molecule has 15 heavy (non-hydrogen) atoms. The molecular formula is C13H21NS. The van der Waals surface area contributed by atoms with E-state index in [4.69, 9.17) is 5.73 Å². The molecule has 2 N–H and O–H groups in total. The lowest BCUT2D eigenvalue weighted by Gasteiger charge is -2.21. The van der Waals surface area contributed by atoms with Gasteiger partial charge in [-0.05, 0) is 36.1 Å². The van der Waals surface area contributed by atoms with Crippen molar-refractivity contribution in [2.45, 2.75) is 32.1 Å². The van der Waals surface area contributed by atoms with Crippen LogP contribution in [0, 0.1) is 5.41 Å². The standard InChI is InChI=1S/C13H21NS/c1-4-11-5-7-12(8-6-11)15-10-13(2,3)9-14/h5-8H,4,9-10,14H2,1-3H3. The molecular weight excluding hydrogens is 202 g/mol. The molecule has 2 heteroatoms. The first kappa shape index (κ1) is 12.6. The summed E-state index contributed by atoms with van der Waals surface area (Å²) in [6, 6.07) is 8.82. The first-order valence-corrected chi connectivity index (χ1v) is 6.48. The normalized spacial score (nSPS) is 11.7. The maximum absolute atomic E-state index is 5.70. The lowest BCUT2D eigenvalue weighted by atomic mass is 9.97. The molecule has 0 amide bonds. The number of thioether (sulfide) groups is 1. The summed E-state index contributed by atoms with van der Waals surface area (Å²) in [5.41, 5.74) is 7.33. The predicted octanol–water partition coefficient (Wildman–Crippen LogP) is 3.33. The molecule has 0 heterocycles. The number of aryl methyl sites for hydroxylation is 1. The van der Waals surface area contributed by atoms with Gasteiger partial charge in [-0.25, -0.2) is 0 Å². The minimum atomic E-state index is 0.230. The summed E-state index contributed by atoms with van der Waals surface area (Å²) in [5, 5.41) is 0. The van der Waals surface area contributed by atoms with E-state index in [1.54, 1.807) is 0 Å². The van der Waals surface area contributed by atoms with E-state index in [0.717, 1.165) is 18.7 Å². The molecule has 1 aromatic carbocycles. The Hall–Kier alpha value is -0.470. The van der Waals surface area contributed by atoms with Crippen molar-refractivity contribution in [1.29, 1.82) is 0 Å². The second-order valence-corrected chi connectivity index (χ2v) is 5.70. The highest BCUT2D eigenvalue weighted by Crippen LogP contribution is 2.26. The van der Waals surface area contributed by atoms with Crippen LogP contribution in [0.1, 0.15) is 26.3 Å². The van der Waals surface area contributed by atoms with Crippen molar-refractivity contribution in [3.8, 4) is 0 Å². The second kappa shape index (κ2) is 5.57. The van der Waals surface area contributed by atoms with Crippen molar-refractivity contribution in [3.05, 3.63) is 29.8 Å². The van der Waals surface area contributed by atoms with Gasteiger partial charge in [-0.15, -0.1) is 11.8 Å². The lowest BCUT2D eigenvalue weighted by Crippen LogP contribution is -2.25. The van der Waals surface area contributed by atoms with Crippen molar-refractivity contribution in [2.24, 2.45) is 11.1 Å². The van der Waals surface area contributed by atoms with Gasteiger partial charge in [-0.3, -0.25) is 0 Å². The van der Waals surface area contributed by atoms with Crippen LogP contribution in [0.25, 0.3) is 0 Å². The maximum Gasteiger partial charge on any atom is 0.00723 e. The minimum Gasteiger partial charge on any atom is -0.330 e. The van der Waals surface area contributed by atoms with Gasteiger partial charge in [0.25, 0.3) is 0 Å². The Kier molecular flexibility index (Phi) is 4.68. The van der Waals surface area contributed by atoms with Crippen molar-refractivity contribution in [1.82, 2.24) is 0 Å². The topological polar surface area (TPSA) is 26.0 Å². The van der Waals surface area contributed by atoms with E-state index in [2.05, 4.69) is 45.0 Å². The summed E-state index contributed by atoms with van der Waals surface area (Å²) in [4.78, 5) is 1.34. The zero-order valence-corrected chi connectivity index (χ0v) is 10.7. The highest BCUT2D eigenvalue weighted by atomic mass is 32.2. The smallest absolute Gasteiger partial charge is 0.00723 e. The fourth-order valence-electron chi connectivity index (χ4n) is 1.16. The van der Waals surface area contributed by atoms with E-state index in [1.165, 1.54) is 10.5 Å². The predicted molar refractivity (Wildman–Crippen MR) is 69.4 cm³/mol. The molecule has 0 aliphatic rings. The summed E-state index contributed by atoms with van der Waals surface area (Å²) in [6.45, 7) is 7.34. The van der Waals surface area contributed by atoms with Crippen molar-refractivity contribution in [2.75, 3.05) is 12.3 Å². The molecule has 0 fully saturated rings. The molecule has 1 rings (SSSR count). The van der Waals surface area contributed by atoms with Gasteiger partial charge in [0, 0.05) is 10.6 Å². The van der Waals surface area contributed by atoms with Gasteiger partial charge in [0.05, 0.1) is 0 Å². The molecule has 0 unspecified atom stereocenters. The third-order valence-corrected chi connectivity index (χ3v) is 4.05. The van der Waals surface area contributed by atoms with E-state index in [0.29, 0.717) is 0 Å². The molecule has 0 saturated carbocycles. The molecule has 0 bridgehead atoms. The van der Waals surface area contributed by atoms with Crippen molar-refractivity contribution >= 4 is 11.8 Å². The Balaban J connectivity index is 2.51. The maximum atomic E-state index is 5.70. The third-order valence-electron chi connectivity index (χ3n) is 2.51. The van der Waals surface area contributed by atoms with E-state index in [1.807, 2.05) is 11.8 Å². The van der Waals surface area contributed by atoms with Gasteiger partial charge >= 0.3 is 0 Å². The van der Waals surface area contributed by atoms with Crippen molar-refractivity contribution < 1.29 is 0 Å². The molecule has 0 radical (unpaired) electrons. The van der Waals surface area contributed by atoms with Crippen LogP contribution < -0.4 is 5.73 Å². The van der Waals surface area contributed by atoms with Crippen LogP contribution >= 0.6 is 11.8 Å². The van der Waals surface area contributed by atoms with Crippen LogP contribution in [0.15, 0.2) is 29.2 Å². The van der Waals surface area contributed by atoms with Crippen molar-refractivity contribution in [3.63, 3.8) is 0 Å². The first-order chi connectivity index (χ1) is 7.07. The van der Waals surface area contributed by atoms with Gasteiger partial charge in [0.2, 0.25) is 0 Å². The van der Waals surface area contributed by atoms with Gasteiger partial charge in [0.1, 0.15) is 0 Å². The molecule has 0 aliphatic heterocycles. The molecule has 0 atom stereocenters. The molecule has 84 valence electrons. The highest BCUT2D eigenvalue weighted by Gasteiger charge is 2.15. The van der Waals surface area contributed by atoms with E-state index >= 15 is 0 Å². The fraction of sp³-hybridized carbons (Fsp3) is 0.538. The number of nitrogens with two attached hydrogens (primary N) is 1. The SMILES string of the molecule is CCc1ccc(SCC(C)(C)CN)cc1. The molecule has 0 aromatic heterocycles. The zero-order chi connectivity index (χ0) is 11.3. The van der Waals surface area contributed by atoms with E-state index in [9.17, 15) is 0 Å². The lowest BCUT2D eigenvalue weighted by molar-refractivity contribution is 0.438. The van der Waals surface area contributed by atoms with Crippen LogP contribution in [-0.4, -0.2) is 12.3 Å². The van der Waals surface area contributed by atoms with Crippen LogP contribution in [0.4, 0.5) is 0 Å². The Labute approximate surface area is 97.4 Å². The molecule has 1 nitrogen and oxygen atoms in total. The summed E-state index contributed by atoms with van der Waals surface area (Å²) >= 11 is 1.89. The number of benzene rings is 1. The van der Waals surface area contributed by atoms with Gasteiger partial charge < -0.3 is 5.73 Å². The Morgan fingerprint density at radius 2 is 1.80 bits per heavy atom. The summed E-state index contributed by atoms with van der Waals surface area (Å²) in [6.07, 6.45) is 1.11. The van der Waals surface area contributed by atoms with E-state index < -0.39 is 0 Å². The monoisotopic (exact) mass is 223 g/mol. The van der Waals surface area contributed by atoms with E-state index in [-0.39, 0.29) is 5.41 Å². The van der Waals surface area contributed by atoms with Gasteiger partial charge in [-0.2, -0.15) is 0 Å². The minimum absolute atomic E-state index is 0.230. The molecule has 0 saturated heterocycles. The summed E-state index contributed by atoms with van der Waals surface area (Å²) in [7, 11) is 0. The molecule has 0 aliphatic carbocycles. The fourth-order valence-corrected chi connectivity index (χ4v) is 2.16. The first-order valence-electron chi connectivity index (χ1n) is 5.49. The Bertz CT molecular complexity index is 290. The molecule has 1 aromatic rings. The average molecular weight is 223 g/mol. The third kappa shape index (κ3) is 4.27. The number of rotatable bonds is 5. The van der Waals surface area contributed by atoms with Crippen LogP contribution in [0.5, 0.6) is 0 Å². The van der Waals surface area contributed by atoms with Gasteiger partial charge in [0.15, 0.2) is 0 Å². The number of hydrogen-bond donors (Lipinski definition) is 1. The average Bonchev–Trinajstić information content (AvgIpc) is 2.27. The van der Waals surface area contributed by atoms with Gasteiger partial charge in [-0.1, -0.05) is 32.9 Å². The number of hydrogen-bond acceptors (Lipinski definition) is 2. The summed E-state index contributed by atoms with van der Waals surface area (Å²) in [5.74, 6) is 1.08. The highest BCUT2D eigenvalue weighted by molar-refractivity contribution is 7.99. The zero-order valence-electron chi connectivity index (χ0n) is 9.92. The Morgan fingerprint density at radius 1 is 1.20 bits per heavy atom. The quantitative estimate of drug-likeness (QED) is 0.775. The van der Waals surface area contributed by atoms with Crippen LogP contribution in [0.2, 0.25) is 0 Å². The van der Waals surface area contributed by atoms with Crippen LogP contribution in [-0.2, 0) is 6.42 Å². The molecule has 0 spiro atoms. The largest absolute Gasteiger partial charge is 0.330 e. The van der Waals surface area contributed by atoms with Crippen LogP contribution in [0.3, 0.4) is 0 Å². The summed E-state index contributed by atoms with van der Waals surface area (Å²) < 4.78 is 0.